The number of benzene rings is 1. The van der Waals surface area contributed by atoms with Gasteiger partial charge in [0.1, 0.15) is 0 Å². The van der Waals surface area contributed by atoms with Crippen molar-refractivity contribution in [2.24, 2.45) is 5.73 Å². The van der Waals surface area contributed by atoms with Crippen molar-refractivity contribution in [3.8, 4) is 0 Å². The Morgan fingerprint density at radius 3 is 2.70 bits per heavy atom. The second-order valence-electron chi connectivity index (χ2n) is 4.58. The number of aromatic nitrogens is 1. The third-order valence-electron chi connectivity index (χ3n) is 3.11. The van der Waals surface area contributed by atoms with Gasteiger partial charge in [-0.3, -0.25) is 4.98 Å². The maximum atomic E-state index is 6.28. The van der Waals surface area contributed by atoms with Crippen molar-refractivity contribution >= 4 is 54.1 Å². The Morgan fingerprint density at radius 1 is 1.15 bits per heavy atom. The van der Waals surface area contributed by atoms with Crippen molar-refractivity contribution in [3.63, 3.8) is 0 Å². The average Bonchev–Trinajstić information content (AvgIpc) is 2.79. The Bertz CT molecular complexity index is 735. The molecule has 102 valence electrons. The minimum absolute atomic E-state index is 0.0312. The zero-order valence-electron chi connectivity index (χ0n) is 10.5. The fourth-order valence-electron chi connectivity index (χ4n) is 2.09. The number of fused-ring (bicyclic) bond motifs is 1. The van der Waals surface area contributed by atoms with E-state index in [1.807, 2.05) is 18.2 Å². The van der Waals surface area contributed by atoms with Crippen LogP contribution in [0.15, 0.2) is 50.7 Å². The molecule has 20 heavy (non-hydrogen) atoms. The molecule has 0 bridgehead atoms. The highest BCUT2D eigenvalue weighted by Gasteiger charge is 2.13. The first-order valence-electron chi connectivity index (χ1n) is 6.18. The lowest BCUT2D eigenvalue weighted by molar-refractivity contribution is 0.722. The second kappa shape index (κ2) is 5.93. The molecule has 3 rings (SSSR count). The normalized spacial score (nSPS) is 12.8. The van der Waals surface area contributed by atoms with Crippen molar-refractivity contribution in [1.29, 1.82) is 0 Å². The maximum Gasteiger partial charge on any atom is 0.0843 e. The lowest BCUT2D eigenvalue weighted by Gasteiger charge is -2.09. The van der Waals surface area contributed by atoms with E-state index in [2.05, 4.69) is 61.1 Å². The number of hydrogen-bond donors (Lipinski definition) is 1. The van der Waals surface area contributed by atoms with Gasteiger partial charge in [0.25, 0.3) is 0 Å². The van der Waals surface area contributed by atoms with Crippen LogP contribution in [0, 0.1) is 0 Å². The number of nitrogens with two attached hydrogens (primary N) is 1. The molecule has 1 unspecified atom stereocenters. The Morgan fingerprint density at radius 2 is 1.95 bits per heavy atom. The highest BCUT2D eigenvalue weighted by atomic mass is 79.9. The molecule has 2 heterocycles. The standard InChI is InChI=1S/C15H12Br2N2S/c16-11-8-14(20-15(11)17)12(18)7-10-6-5-9-3-1-2-4-13(9)19-10/h1-6,8,12H,7,18H2. The quantitative estimate of drug-likeness (QED) is 0.653. The van der Waals surface area contributed by atoms with Crippen LogP contribution >= 0.6 is 43.2 Å². The van der Waals surface area contributed by atoms with Crippen LogP contribution < -0.4 is 5.73 Å². The number of hydrogen-bond acceptors (Lipinski definition) is 3. The van der Waals surface area contributed by atoms with Crippen LogP contribution in [0.5, 0.6) is 0 Å². The highest BCUT2D eigenvalue weighted by molar-refractivity contribution is 9.13. The summed E-state index contributed by atoms with van der Waals surface area (Å²) in [5.41, 5.74) is 8.33. The Hall–Kier alpha value is -0.750. The molecule has 3 aromatic rings. The second-order valence-corrected chi connectivity index (χ2v) is 7.83. The van der Waals surface area contributed by atoms with E-state index in [9.17, 15) is 0 Å². The molecule has 0 spiro atoms. The van der Waals surface area contributed by atoms with Gasteiger partial charge < -0.3 is 5.73 Å². The van der Waals surface area contributed by atoms with Gasteiger partial charge in [-0.05, 0) is 50.1 Å². The molecule has 5 heteroatoms. The Balaban J connectivity index is 1.85. The summed E-state index contributed by atoms with van der Waals surface area (Å²) in [5, 5.41) is 1.16. The summed E-state index contributed by atoms with van der Waals surface area (Å²) in [4.78, 5) is 5.82. The van der Waals surface area contributed by atoms with Crippen LogP contribution in [0.1, 0.15) is 16.6 Å². The molecule has 0 aliphatic carbocycles. The van der Waals surface area contributed by atoms with Crippen molar-refractivity contribution in [1.82, 2.24) is 4.98 Å². The molecule has 0 aliphatic rings. The zero-order chi connectivity index (χ0) is 14.1. The lowest BCUT2D eigenvalue weighted by Crippen LogP contribution is -2.12. The summed E-state index contributed by atoms with van der Waals surface area (Å²) < 4.78 is 2.13. The van der Waals surface area contributed by atoms with Gasteiger partial charge in [0, 0.05) is 32.9 Å². The zero-order valence-corrected chi connectivity index (χ0v) is 14.5. The molecule has 0 saturated carbocycles. The summed E-state index contributed by atoms with van der Waals surface area (Å²) in [6.07, 6.45) is 0.740. The van der Waals surface area contributed by atoms with E-state index < -0.39 is 0 Å². The minimum atomic E-state index is -0.0312. The number of pyridine rings is 1. The first-order chi connectivity index (χ1) is 9.63. The van der Waals surface area contributed by atoms with Crippen molar-refractivity contribution in [2.45, 2.75) is 12.5 Å². The first kappa shape index (κ1) is 14.2. The number of nitrogens with zero attached hydrogens (tertiary/aromatic N) is 1. The largest absolute Gasteiger partial charge is 0.323 e. The molecule has 0 aliphatic heterocycles. The van der Waals surface area contributed by atoms with E-state index in [0.29, 0.717) is 0 Å². The molecule has 0 fully saturated rings. The molecule has 1 atom stereocenters. The molecule has 2 N–H and O–H groups in total. The molecule has 0 radical (unpaired) electrons. The summed E-state index contributed by atoms with van der Waals surface area (Å²) in [6.45, 7) is 0. The Kier molecular flexibility index (Phi) is 4.21. The minimum Gasteiger partial charge on any atom is -0.323 e. The lowest BCUT2D eigenvalue weighted by atomic mass is 10.1. The molecule has 0 saturated heterocycles. The van der Waals surface area contributed by atoms with E-state index in [-0.39, 0.29) is 6.04 Å². The molecular formula is C15H12Br2N2S. The van der Waals surface area contributed by atoms with Gasteiger partial charge in [-0.2, -0.15) is 0 Å². The van der Waals surface area contributed by atoms with Crippen LogP contribution in [0.4, 0.5) is 0 Å². The van der Waals surface area contributed by atoms with Crippen LogP contribution in [0.3, 0.4) is 0 Å². The predicted octanol–water partition coefficient (Wildman–Crippen LogP) is 5.06. The first-order valence-corrected chi connectivity index (χ1v) is 8.59. The number of rotatable bonds is 3. The van der Waals surface area contributed by atoms with Gasteiger partial charge in [0.2, 0.25) is 0 Å². The number of thiophene rings is 1. The SMILES string of the molecule is NC(Cc1ccc2ccccc2n1)c1cc(Br)c(Br)s1. The summed E-state index contributed by atoms with van der Waals surface area (Å²) >= 11 is 8.66. The van der Waals surface area contributed by atoms with Crippen LogP contribution in [-0.2, 0) is 6.42 Å². The molecular weight excluding hydrogens is 400 g/mol. The van der Waals surface area contributed by atoms with Crippen molar-refractivity contribution in [3.05, 3.63) is 61.3 Å². The maximum absolute atomic E-state index is 6.28. The summed E-state index contributed by atoms with van der Waals surface area (Å²) in [6, 6.07) is 14.3. The van der Waals surface area contributed by atoms with E-state index in [1.54, 1.807) is 11.3 Å². The average molecular weight is 412 g/mol. The molecule has 1 aromatic carbocycles. The van der Waals surface area contributed by atoms with Gasteiger partial charge >= 0.3 is 0 Å². The van der Waals surface area contributed by atoms with Gasteiger partial charge in [0.05, 0.1) is 9.30 Å². The van der Waals surface area contributed by atoms with Crippen LogP contribution in [0.25, 0.3) is 10.9 Å². The molecule has 2 aromatic heterocycles. The van der Waals surface area contributed by atoms with E-state index in [1.165, 1.54) is 0 Å². The number of halogens is 2. The van der Waals surface area contributed by atoms with Crippen LogP contribution in [0.2, 0.25) is 0 Å². The fourth-order valence-corrected chi connectivity index (χ4v) is 4.18. The Labute approximate surface area is 138 Å². The fraction of sp³-hybridized carbons (Fsp3) is 0.133. The van der Waals surface area contributed by atoms with E-state index >= 15 is 0 Å². The summed E-state index contributed by atoms with van der Waals surface area (Å²) in [5.74, 6) is 0. The smallest absolute Gasteiger partial charge is 0.0843 e. The van der Waals surface area contributed by atoms with E-state index in [0.717, 1.165) is 36.2 Å². The van der Waals surface area contributed by atoms with Gasteiger partial charge in [0.15, 0.2) is 0 Å². The monoisotopic (exact) mass is 410 g/mol. The van der Waals surface area contributed by atoms with Gasteiger partial charge in [-0.1, -0.05) is 24.3 Å². The van der Waals surface area contributed by atoms with Gasteiger partial charge in [-0.15, -0.1) is 11.3 Å². The number of para-hydroxylation sites is 1. The van der Waals surface area contributed by atoms with Crippen molar-refractivity contribution in [2.75, 3.05) is 0 Å². The van der Waals surface area contributed by atoms with E-state index in [4.69, 9.17) is 5.73 Å². The third kappa shape index (κ3) is 2.96. The summed E-state index contributed by atoms with van der Waals surface area (Å²) in [7, 11) is 0. The highest BCUT2D eigenvalue weighted by Crippen LogP contribution is 2.35. The topological polar surface area (TPSA) is 38.9 Å². The predicted molar refractivity (Wildman–Crippen MR) is 92.1 cm³/mol. The molecule has 0 amide bonds. The molecule has 2 nitrogen and oxygen atoms in total. The van der Waals surface area contributed by atoms with Crippen LogP contribution in [-0.4, -0.2) is 4.98 Å². The van der Waals surface area contributed by atoms with Crippen molar-refractivity contribution < 1.29 is 0 Å². The third-order valence-corrected chi connectivity index (χ3v) is 6.50. The van der Waals surface area contributed by atoms with Gasteiger partial charge in [-0.25, -0.2) is 0 Å².